The van der Waals surface area contributed by atoms with Crippen LogP contribution in [0.15, 0.2) is 51.8 Å². The number of sulfonamides is 1. The molecule has 0 bridgehead atoms. The molecule has 8 heteroatoms. The van der Waals surface area contributed by atoms with Crippen LogP contribution in [0.4, 0.5) is 11.4 Å². The van der Waals surface area contributed by atoms with E-state index in [1.165, 1.54) is 6.07 Å². The fourth-order valence-electron chi connectivity index (χ4n) is 3.17. The van der Waals surface area contributed by atoms with Gasteiger partial charge in [0.1, 0.15) is 16.5 Å². The molecule has 0 saturated heterocycles. The molecule has 1 aliphatic rings. The fraction of sp³-hybridized carbons (Fsp3) is 0.333. The van der Waals surface area contributed by atoms with E-state index in [9.17, 15) is 13.2 Å². The summed E-state index contributed by atoms with van der Waals surface area (Å²) >= 11 is 0. The molecule has 3 rings (SSSR count). The highest BCUT2D eigenvalue weighted by Crippen LogP contribution is 2.35. The third-order valence-corrected chi connectivity index (χ3v) is 5.87. The number of hydrogen-bond acceptors (Lipinski definition) is 5. The zero-order chi connectivity index (χ0) is 21.2. The first-order valence-corrected chi connectivity index (χ1v) is 10.9. The van der Waals surface area contributed by atoms with Crippen molar-refractivity contribution in [3.05, 3.63) is 48.0 Å². The molecule has 1 N–H and O–H groups in total. The molecule has 7 nitrogen and oxygen atoms in total. The van der Waals surface area contributed by atoms with E-state index in [0.717, 1.165) is 0 Å². The molecule has 0 aromatic heterocycles. The Morgan fingerprint density at radius 3 is 2.45 bits per heavy atom. The summed E-state index contributed by atoms with van der Waals surface area (Å²) in [5.41, 5.74) is 1.43. The maximum atomic E-state index is 12.7. The predicted octanol–water partition coefficient (Wildman–Crippen LogP) is 3.92. The van der Waals surface area contributed by atoms with Gasteiger partial charge in [-0.3, -0.25) is 4.79 Å². The van der Waals surface area contributed by atoms with Crippen molar-refractivity contribution in [3.63, 3.8) is 0 Å². The molecular weight excluding hydrogens is 390 g/mol. The molecule has 0 saturated carbocycles. The normalized spacial score (nSPS) is 14.9. The Morgan fingerprint density at radius 2 is 1.86 bits per heavy atom. The van der Waals surface area contributed by atoms with Crippen LogP contribution in [0.3, 0.4) is 0 Å². The zero-order valence-electron chi connectivity index (χ0n) is 17.0. The molecule has 1 amide bonds. The summed E-state index contributed by atoms with van der Waals surface area (Å²) in [7, 11) is -2.27. The summed E-state index contributed by atoms with van der Waals surface area (Å²) < 4.78 is 34.5. The summed E-state index contributed by atoms with van der Waals surface area (Å²) in [6.45, 7) is 6.68. The fourth-order valence-corrected chi connectivity index (χ4v) is 4.49. The summed E-state index contributed by atoms with van der Waals surface area (Å²) in [5, 5.41) is 2.75. The monoisotopic (exact) mass is 415 g/mol. The maximum Gasteiger partial charge on any atom is 0.286 e. The lowest BCUT2D eigenvalue weighted by atomic mass is 10.1. The van der Waals surface area contributed by atoms with Crippen LogP contribution < -0.4 is 15.0 Å². The first-order valence-electron chi connectivity index (χ1n) is 9.46. The van der Waals surface area contributed by atoms with Gasteiger partial charge in [0.2, 0.25) is 0 Å². The van der Waals surface area contributed by atoms with Gasteiger partial charge < -0.3 is 15.0 Å². The van der Waals surface area contributed by atoms with Crippen molar-refractivity contribution in [1.29, 1.82) is 0 Å². The highest BCUT2D eigenvalue weighted by molar-refractivity contribution is 7.90. The molecule has 154 valence electrons. The number of benzene rings is 2. The molecule has 1 aliphatic heterocycles. The third kappa shape index (κ3) is 4.42. The van der Waals surface area contributed by atoms with Crippen molar-refractivity contribution in [2.75, 3.05) is 23.9 Å². The van der Waals surface area contributed by atoms with E-state index in [1.807, 2.05) is 11.8 Å². The van der Waals surface area contributed by atoms with E-state index in [-0.39, 0.29) is 10.8 Å². The smallest absolute Gasteiger partial charge is 0.286 e. The number of hydrogen-bond donors (Lipinski definition) is 1. The average Bonchev–Trinajstić information content (AvgIpc) is 2.69. The molecule has 0 unspecified atom stereocenters. The van der Waals surface area contributed by atoms with Crippen LogP contribution in [0.1, 0.15) is 37.6 Å². The van der Waals surface area contributed by atoms with Gasteiger partial charge in [-0.2, -0.15) is 8.42 Å². The first-order chi connectivity index (χ1) is 13.7. The molecule has 1 heterocycles. The van der Waals surface area contributed by atoms with Gasteiger partial charge in [-0.1, -0.05) is 20.8 Å². The number of methoxy groups -OCH3 is 1. The minimum Gasteiger partial charge on any atom is -0.497 e. The molecule has 0 atom stereocenters. The third-order valence-electron chi connectivity index (χ3n) is 4.54. The average molecular weight is 416 g/mol. The van der Waals surface area contributed by atoms with Gasteiger partial charge in [0.05, 0.1) is 12.8 Å². The number of fused-ring (bicyclic) bond motifs is 1. The van der Waals surface area contributed by atoms with Crippen LogP contribution in [0, 0.1) is 5.92 Å². The van der Waals surface area contributed by atoms with Crippen molar-refractivity contribution in [3.8, 4) is 5.75 Å². The maximum absolute atomic E-state index is 12.7. The molecular formula is C21H25N3O4S. The molecule has 0 aliphatic carbocycles. The second-order valence-corrected chi connectivity index (χ2v) is 8.78. The minimum atomic E-state index is -3.83. The van der Waals surface area contributed by atoms with E-state index in [0.29, 0.717) is 47.4 Å². The van der Waals surface area contributed by atoms with Crippen LogP contribution >= 0.6 is 0 Å². The van der Waals surface area contributed by atoms with Crippen molar-refractivity contribution < 1.29 is 17.9 Å². The molecule has 0 radical (unpaired) electrons. The van der Waals surface area contributed by atoms with E-state index in [2.05, 4.69) is 23.6 Å². The standard InChI is InChI=1S/C21H25N3O4S/c1-5-20-23-29(26,27)19-12-16(8-11-18(19)24(20)13-14(2)3)22-21(25)15-6-9-17(28-4)10-7-15/h6-12,14H,5,13H2,1-4H3,(H,22,25). The topological polar surface area (TPSA) is 88.1 Å². The quantitative estimate of drug-likeness (QED) is 0.773. The van der Waals surface area contributed by atoms with Crippen molar-refractivity contribution in [1.82, 2.24) is 0 Å². The Balaban J connectivity index is 1.93. The summed E-state index contributed by atoms with van der Waals surface area (Å²) in [6, 6.07) is 11.6. The number of nitrogens with one attached hydrogen (secondary N) is 1. The largest absolute Gasteiger partial charge is 0.497 e. The zero-order valence-corrected chi connectivity index (χ0v) is 17.8. The number of amidine groups is 1. The molecule has 2 aromatic rings. The van der Waals surface area contributed by atoms with Crippen molar-refractivity contribution in [2.24, 2.45) is 10.3 Å². The summed E-state index contributed by atoms with van der Waals surface area (Å²) in [6.07, 6.45) is 0.515. The Labute approximate surface area is 171 Å². The minimum absolute atomic E-state index is 0.0999. The lowest BCUT2D eigenvalue weighted by molar-refractivity contribution is 0.102. The van der Waals surface area contributed by atoms with Gasteiger partial charge in [-0.25, -0.2) is 0 Å². The van der Waals surface area contributed by atoms with Crippen LogP contribution in [-0.2, 0) is 10.0 Å². The SMILES string of the molecule is CCC1=NS(=O)(=O)c2cc(NC(=O)c3ccc(OC)cc3)ccc2N1CC(C)C. The molecule has 29 heavy (non-hydrogen) atoms. The van der Waals surface area contributed by atoms with Gasteiger partial charge in [-0.15, -0.1) is 4.40 Å². The second-order valence-electron chi connectivity index (χ2n) is 7.21. The van der Waals surface area contributed by atoms with E-state index < -0.39 is 10.0 Å². The van der Waals surface area contributed by atoms with Crippen LogP contribution in [-0.4, -0.2) is 33.8 Å². The second kappa shape index (κ2) is 8.24. The highest BCUT2D eigenvalue weighted by Gasteiger charge is 2.30. The number of carbonyl (C=O) groups excluding carboxylic acids is 1. The van der Waals surface area contributed by atoms with Gasteiger partial charge >= 0.3 is 0 Å². The Kier molecular flexibility index (Phi) is 5.93. The summed E-state index contributed by atoms with van der Waals surface area (Å²) in [5.74, 6) is 1.17. The molecule has 0 spiro atoms. The molecule has 0 fully saturated rings. The number of amides is 1. The number of ether oxygens (including phenoxy) is 1. The van der Waals surface area contributed by atoms with Crippen molar-refractivity contribution in [2.45, 2.75) is 32.1 Å². The number of rotatable bonds is 6. The molecule has 2 aromatic carbocycles. The number of carbonyl (C=O) groups is 1. The number of nitrogens with zero attached hydrogens (tertiary/aromatic N) is 2. The van der Waals surface area contributed by atoms with E-state index in [1.54, 1.807) is 43.5 Å². The van der Waals surface area contributed by atoms with E-state index in [4.69, 9.17) is 4.74 Å². The van der Waals surface area contributed by atoms with Crippen LogP contribution in [0.2, 0.25) is 0 Å². The van der Waals surface area contributed by atoms with E-state index >= 15 is 0 Å². The lowest BCUT2D eigenvalue weighted by Gasteiger charge is -2.32. The highest BCUT2D eigenvalue weighted by atomic mass is 32.2. The van der Waals surface area contributed by atoms with Crippen LogP contribution in [0.5, 0.6) is 5.75 Å². The number of anilines is 2. The Bertz CT molecular complexity index is 1040. The first kappa shape index (κ1) is 20.9. The lowest BCUT2D eigenvalue weighted by Crippen LogP contribution is -2.38. The Hall–Kier alpha value is -2.87. The Morgan fingerprint density at radius 1 is 1.17 bits per heavy atom. The van der Waals surface area contributed by atoms with Gasteiger partial charge in [0.15, 0.2) is 0 Å². The predicted molar refractivity (Wildman–Crippen MR) is 114 cm³/mol. The van der Waals surface area contributed by atoms with Crippen LogP contribution in [0.25, 0.3) is 0 Å². The van der Waals surface area contributed by atoms with Crippen molar-refractivity contribution >= 4 is 33.1 Å². The van der Waals surface area contributed by atoms with Gasteiger partial charge in [-0.05, 0) is 48.4 Å². The van der Waals surface area contributed by atoms with Gasteiger partial charge in [0.25, 0.3) is 15.9 Å². The summed E-state index contributed by atoms with van der Waals surface area (Å²) in [4.78, 5) is 14.6. The van der Waals surface area contributed by atoms with Gasteiger partial charge in [0, 0.05) is 24.2 Å².